The molecule has 0 aliphatic heterocycles. The first-order chi connectivity index (χ1) is 9.01. The van der Waals surface area contributed by atoms with E-state index in [0.29, 0.717) is 11.2 Å². The van der Waals surface area contributed by atoms with Crippen LogP contribution in [0.2, 0.25) is 5.15 Å². The molecule has 0 amide bonds. The third kappa shape index (κ3) is 6.76. The van der Waals surface area contributed by atoms with Crippen LogP contribution in [0.5, 0.6) is 0 Å². The highest BCUT2D eigenvalue weighted by atomic mass is 35.5. The van der Waals surface area contributed by atoms with E-state index in [-0.39, 0.29) is 0 Å². The van der Waals surface area contributed by atoms with Gasteiger partial charge in [0.15, 0.2) is 0 Å². The van der Waals surface area contributed by atoms with Gasteiger partial charge in [-0.05, 0) is 25.7 Å². The van der Waals surface area contributed by atoms with E-state index in [1.807, 2.05) is 0 Å². The third-order valence-electron chi connectivity index (χ3n) is 3.03. The normalized spacial score (nSPS) is 12.7. The molecule has 1 aromatic heterocycles. The number of halogens is 1. The molecule has 4 heteroatoms. The molecule has 0 saturated carbocycles. The Kier molecular flexibility index (Phi) is 7.14. The molecular formula is C15H26ClN3. The lowest BCUT2D eigenvalue weighted by Crippen LogP contribution is -2.17. The summed E-state index contributed by atoms with van der Waals surface area (Å²) in [5.74, 6) is 2.45. The summed E-state index contributed by atoms with van der Waals surface area (Å²) in [6.45, 7) is 8.83. The molecule has 1 unspecified atom stereocenters. The van der Waals surface area contributed by atoms with Gasteiger partial charge >= 0.3 is 0 Å². The summed E-state index contributed by atoms with van der Waals surface area (Å²) in [6, 6.07) is 2.22. The predicted molar refractivity (Wildman–Crippen MR) is 82.8 cm³/mol. The van der Waals surface area contributed by atoms with Gasteiger partial charge in [-0.15, -0.1) is 0 Å². The molecule has 0 aliphatic rings. The van der Waals surface area contributed by atoms with E-state index in [0.717, 1.165) is 36.8 Å². The van der Waals surface area contributed by atoms with E-state index in [1.54, 1.807) is 6.07 Å². The Morgan fingerprint density at radius 2 is 1.95 bits per heavy atom. The molecule has 1 rings (SSSR count). The maximum atomic E-state index is 6.02. The maximum absolute atomic E-state index is 6.02. The molecule has 1 heterocycles. The second-order valence-corrected chi connectivity index (χ2v) is 6.00. The van der Waals surface area contributed by atoms with E-state index in [2.05, 4.69) is 43.0 Å². The Morgan fingerprint density at radius 3 is 2.58 bits per heavy atom. The first kappa shape index (κ1) is 16.2. The zero-order valence-electron chi connectivity index (χ0n) is 12.5. The highest BCUT2D eigenvalue weighted by Crippen LogP contribution is 2.16. The molecule has 0 aliphatic carbocycles. The van der Waals surface area contributed by atoms with Crippen LogP contribution in [0.25, 0.3) is 0 Å². The fourth-order valence-corrected chi connectivity index (χ4v) is 2.23. The second-order valence-electron chi connectivity index (χ2n) is 5.61. The van der Waals surface area contributed by atoms with Crippen molar-refractivity contribution in [3.05, 3.63) is 17.0 Å². The van der Waals surface area contributed by atoms with Crippen molar-refractivity contribution in [2.45, 2.75) is 65.8 Å². The Balaban J connectivity index is 2.51. The molecule has 3 nitrogen and oxygen atoms in total. The number of aromatic nitrogens is 2. The van der Waals surface area contributed by atoms with E-state index in [4.69, 9.17) is 11.6 Å². The van der Waals surface area contributed by atoms with Gasteiger partial charge in [-0.2, -0.15) is 0 Å². The van der Waals surface area contributed by atoms with Crippen molar-refractivity contribution in [1.29, 1.82) is 0 Å². The summed E-state index contributed by atoms with van der Waals surface area (Å²) in [5, 5.41) is 3.94. The van der Waals surface area contributed by atoms with E-state index in [1.165, 1.54) is 12.8 Å². The van der Waals surface area contributed by atoms with Crippen LogP contribution in [-0.4, -0.2) is 16.0 Å². The monoisotopic (exact) mass is 283 g/mol. The van der Waals surface area contributed by atoms with Gasteiger partial charge in [-0.25, -0.2) is 9.97 Å². The summed E-state index contributed by atoms with van der Waals surface area (Å²) >= 11 is 6.02. The second kappa shape index (κ2) is 8.36. The fraction of sp³-hybridized carbons (Fsp3) is 0.733. The van der Waals surface area contributed by atoms with Crippen LogP contribution in [0.15, 0.2) is 6.07 Å². The lowest BCUT2D eigenvalue weighted by Gasteiger charge is -2.15. The SMILES string of the molecule is CCCc1nc(Cl)cc(NC(C)CCCC(C)C)n1. The smallest absolute Gasteiger partial charge is 0.134 e. The van der Waals surface area contributed by atoms with E-state index < -0.39 is 0 Å². The van der Waals surface area contributed by atoms with Crippen molar-refractivity contribution < 1.29 is 0 Å². The fourth-order valence-electron chi connectivity index (χ4n) is 2.03. The Hall–Kier alpha value is -0.830. The van der Waals surface area contributed by atoms with Gasteiger partial charge in [0.05, 0.1) is 0 Å². The van der Waals surface area contributed by atoms with Crippen LogP contribution in [0.3, 0.4) is 0 Å². The minimum absolute atomic E-state index is 0.416. The molecule has 0 spiro atoms. The van der Waals surface area contributed by atoms with Gasteiger partial charge in [-0.3, -0.25) is 0 Å². The van der Waals surface area contributed by atoms with Gasteiger partial charge in [0, 0.05) is 18.5 Å². The average Bonchev–Trinajstić information content (AvgIpc) is 2.27. The predicted octanol–water partition coefficient (Wildman–Crippen LogP) is 4.71. The number of anilines is 1. The number of nitrogens with one attached hydrogen (secondary N) is 1. The number of rotatable bonds is 8. The van der Waals surface area contributed by atoms with E-state index in [9.17, 15) is 0 Å². The number of hydrogen-bond acceptors (Lipinski definition) is 3. The number of aryl methyl sites for hydroxylation is 1. The van der Waals surface area contributed by atoms with Crippen LogP contribution in [-0.2, 0) is 6.42 Å². The maximum Gasteiger partial charge on any atom is 0.134 e. The molecule has 19 heavy (non-hydrogen) atoms. The van der Waals surface area contributed by atoms with Crippen molar-refractivity contribution in [3.8, 4) is 0 Å². The Labute approximate surface area is 122 Å². The molecule has 0 bridgehead atoms. The highest BCUT2D eigenvalue weighted by Gasteiger charge is 2.07. The molecule has 0 radical (unpaired) electrons. The van der Waals surface area contributed by atoms with Crippen LogP contribution < -0.4 is 5.32 Å². The molecule has 0 aromatic carbocycles. The topological polar surface area (TPSA) is 37.8 Å². The molecule has 1 atom stereocenters. The summed E-state index contributed by atoms with van der Waals surface area (Å²) < 4.78 is 0. The third-order valence-corrected chi connectivity index (χ3v) is 3.22. The van der Waals surface area contributed by atoms with Gasteiger partial charge < -0.3 is 5.32 Å². The van der Waals surface area contributed by atoms with Gasteiger partial charge in [-0.1, -0.05) is 45.2 Å². The van der Waals surface area contributed by atoms with Gasteiger partial charge in [0.1, 0.15) is 16.8 Å². The number of nitrogens with zero attached hydrogens (tertiary/aromatic N) is 2. The summed E-state index contributed by atoms with van der Waals surface area (Å²) in [6.07, 6.45) is 5.58. The van der Waals surface area contributed by atoms with Crippen molar-refractivity contribution in [2.24, 2.45) is 5.92 Å². The zero-order valence-corrected chi connectivity index (χ0v) is 13.3. The van der Waals surface area contributed by atoms with Crippen molar-refractivity contribution in [2.75, 3.05) is 5.32 Å². The zero-order chi connectivity index (χ0) is 14.3. The summed E-state index contributed by atoms with van der Waals surface area (Å²) in [4.78, 5) is 8.73. The Bertz CT molecular complexity index is 380. The first-order valence-electron chi connectivity index (χ1n) is 7.31. The van der Waals surface area contributed by atoms with E-state index >= 15 is 0 Å². The standard InChI is InChI=1S/C15H26ClN3/c1-5-7-14-18-13(16)10-15(19-14)17-12(4)9-6-8-11(2)3/h10-12H,5-9H2,1-4H3,(H,17,18,19). The molecule has 1 N–H and O–H groups in total. The van der Waals surface area contributed by atoms with Crippen LogP contribution in [0.4, 0.5) is 5.82 Å². The molecule has 1 aromatic rings. The van der Waals surface area contributed by atoms with Crippen LogP contribution >= 0.6 is 11.6 Å². The minimum Gasteiger partial charge on any atom is -0.367 e. The van der Waals surface area contributed by atoms with Crippen LogP contribution in [0.1, 0.15) is 59.2 Å². The van der Waals surface area contributed by atoms with Gasteiger partial charge in [0.25, 0.3) is 0 Å². The Morgan fingerprint density at radius 1 is 1.21 bits per heavy atom. The van der Waals surface area contributed by atoms with Crippen molar-refractivity contribution >= 4 is 17.4 Å². The minimum atomic E-state index is 0.416. The molecule has 0 saturated heterocycles. The molecular weight excluding hydrogens is 258 g/mol. The van der Waals surface area contributed by atoms with Crippen molar-refractivity contribution in [1.82, 2.24) is 9.97 Å². The van der Waals surface area contributed by atoms with Gasteiger partial charge in [0.2, 0.25) is 0 Å². The highest BCUT2D eigenvalue weighted by molar-refractivity contribution is 6.29. The number of hydrogen-bond donors (Lipinski definition) is 1. The molecule has 108 valence electrons. The summed E-state index contributed by atoms with van der Waals surface area (Å²) in [5.41, 5.74) is 0. The quantitative estimate of drug-likeness (QED) is 0.702. The lowest BCUT2D eigenvalue weighted by molar-refractivity contribution is 0.520. The average molecular weight is 284 g/mol. The summed E-state index contributed by atoms with van der Waals surface area (Å²) in [7, 11) is 0. The lowest BCUT2D eigenvalue weighted by atomic mass is 10.0. The molecule has 0 fully saturated rings. The first-order valence-corrected chi connectivity index (χ1v) is 7.69. The largest absolute Gasteiger partial charge is 0.367 e. The van der Waals surface area contributed by atoms with Crippen molar-refractivity contribution in [3.63, 3.8) is 0 Å². The van der Waals surface area contributed by atoms with Crippen LogP contribution in [0, 0.1) is 5.92 Å².